The van der Waals surface area contributed by atoms with Gasteiger partial charge in [-0.1, -0.05) is 12.8 Å². The fraction of sp³-hybridized carbons (Fsp3) is 0.533. The van der Waals surface area contributed by atoms with Gasteiger partial charge >= 0.3 is 0 Å². The van der Waals surface area contributed by atoms with Crippen LogP contribution in [0.3, 0.4) is 0 Å². The highest BCUT2D eigenvalue weighted by Crippen LogP contribution is 2.33. The summed E-state index contributed by atoms with van der Waals surface area (Å²) in [7, 11) is 4.18. The zero-order chi connectivity index (χ0) is 14.8. The van der Waals surface area contributed by atoms with Crippen LogP contribution in [0.15, 0.2) is 22.7 Å². The Morgan fingerprint density at radius 2 is 2.05 bits per heavy atom. The van der Waals surface area contributed by atoms with Crippen LogP contribution in [0.2, 0.25) is 0 Å². The molecule has 1 aliphatic carbocycles. The second-order valence-corrected chi connectivity index (χ2v) is 6.60. The third kappa shape index (κ3) is 3.15. The highest BCUT2D eigenvalue weighted by molar-refractivity contribution is 9.10. The first kappa shape index (κ1) is 15.3. The summed E-state index contributed by atoms with van der Waals surface area (Å²) < 4.78 is 0.814. The van der Waals surface area contributed by atoms with E-state index in [2.05, 4.69) is 40.2 Å². The Morgan fingerprint density at radius 3 is 2.60 bits per heavy atom. The van der Waals surface area contributed by atoms with Crippen molar-refractivity contribution in [3.05, 3.63) is 28.2 Å². The highest BCUT2D eigenvalue weighted by Gasteiger charge is 2.36. The predicted octanol–water partition coefficient (Wildman–Crippen LogP) is 2.64. The van der Waals surface area contributed by atoms with Crippen LogP contribution < -0.4 is 11.1 Å². The summed E-state index contributed by atoms with van der Waals surface area (Å²) >= 11 is 3.34. The fourth-order valence-corrected chi connectivity index (χ4v) is 3.09. The highest BCUT2D eigenvalue weighted by atomic mass is 79.9. The minimum atomic E-state index is -0.0580. The molecule has 4 nitrogen and oxygen atoms in total. The summed E-state index contributed by atoms with van der Waals surface area (Å²) in [5.74, 6) is -0.0580. The Bertz CT molecular complexity index is 496. The molecule has 1 aromatic carbocycles. The van der Waals surface area contributed by atoms with Crippen molar-refractivity contribution >= 4 is 27.5 Å². The van der Waals surface area contributed by atoms with E-state index in [4.69, 9.17) is 5.73 Å². The van der Waals surface area contributed by atoms with Gasteiger partial charge in [0.1, 0.15) is 0 Å². The molecule has 0 spiro atoms. The number of rotatable bonds is 4. The number of carbonyl (C=O) groups is 1. The summed E-state index contributed by atoms with van der Waals surface area (Å²) in [6, 6.07) is 5.30. The van der Waals surface area contributed by atoms with E-state index in [1.165, 1.54) is 12.8 Å². The van der Waals surface area contributed by atoms with Crippen LogP contribution in [0.4, 0.5) is 5.69 Å². The zero-order valence-electron chi connectivity index (χ0n) is 12.1. The first-order valence-electron chi connectivity index (χ1n) is 6.95. The minimum Gasteiger partial charge on any atom is -0.398 e. The summed E-state index contributed by atoms with van der Waals surface area (Å²) in [4.78, 5) is 14.5. The van der Waals surface area contributed by atoms with Crippen molar-refractivity contribution < 1.29 is 4.79 Å². The van der Waals surface area contributed by atoms with Gasteiger partial charge < -0.3 is 16.0 Å². The van der Waals surface area contributed by atoms with Crippen LogP contribution >= 0.6 is 15.9 Å². The maximum Gasteiger partial charge on any atom is 0.251 e. The Balaban J connectivity index is 2.02. The maximum atomic E-state index is 12.2. The lowest BCUT2D eigenvalue weighted by molar-refractivity contribution is 0.0900. The van der Waals surface area contributed by atoms with E-state index in [9.17, 15) is 4.79 Å². The molecule has 0 aromatic heterocycles. The lowest BCUT2D eigenvalue weighted by Gasteiger charge is -2.36. The average molecular weight is 340 g/mol. The number of likely N-dealkylation sites (N-methyl/N-ethyl adjacent to an activating group) is 1. The van der Waals surface area contributed by atoms with E-state index in [1.807, 2.05) is 6.07 Å². The molecule has 5 heteroatoms. The van der Waals surface area contributed by atoms with Crippen molar-refractivity contribution in [2.45, 2.75) is 31.2 Å². The molecular weight excluding hydrogens is 318 g/mol. The van der Waals surface area contributed by atoms with Crippen molar-refractivity contribution in [3.63, 3.8) is 0 Å². The van der Waals surface area contributed by atoms with E-state index in [1.54, 1.807) is 12.1 Å². The molecule has 110 valence electrons. The van der Waals surface area contributed by atoms with Crippen LogP contribution in [-0.4, -0.2) is 37.0 Å². The maximum absolute atomic E-state index is 12.2. The molecule has 0 saturated heterocycles. The molecule has 1 amide bonds. The van der Waals surface area contributed by atoms with Gasteiger partial charge in [-0.3, -0.25) is 4.79 Å². The molecule has 0 atom stereocenters. The van der Waals surface area contributed by atoms with Crippen LogP contribution in [0.5, 0.6) is 0 Å². The topological polar surface area (TPSA) is 58.4 Å². The standard InChI is InChI=1S/C15H22BrN3O/c1-19(2)15(7-3-4-8-15)10-18-14(20)11-5-6-12(16)13(17)9-11/h5-6,9H,3-4,7-8,10,17H2,1-2H3,(H,18,20). The molecule has 0 heterocycles. The van der Waals surface area contributed by atoms with Gasteiger partial charge in [0.2, 0.25) is 0 Å². The first-order valence-corrected chi connectivity index (χ1v) is 7.75. The Labute approximate surface area is 128 Å². The predicted molar refractivity (Wildman–Crippen MR) is 85.8 cm³/mol. The van der Waals surface area contributed by atoms with Gasteiger partial charge in [0.25, 0.3) is 5.91 Å². The monoisotopic (exact) mass is 339 g/mol. The molecule has 2 rings (SSSR count). The van der Waals surface area contributed by atoms with E-state index in [0.29, 0.717) is 17.8 Å². The molecule has 3 N–H and O–H groups in total. The summed E-state index contributed by atoms with van der Waals surface area (Å²) in [6.45, 7) is 0.689. The number of hydrogen-bond donors (Lipinski definition) is 2. The smallest absolute Gasteiger partial charge is 0.251 e. The van der Waals surface area contributed by atoms with Crippen molar-refractivity contribution in [1.29, 1.82) is 0 Å². The molecule has 20 heavy (non-hydrogen) atoms. The molecular formula is C15H22BrN3O. The lowest BCUT2D eigenvalue weighted by Crippen LogP contribution is -2.50. The van der Waals surface area contributed by atoms with Crippen molar-refractivity contribution in [3.8, 4) is 0 Å². The molecule has 0 aliphatic heterocycles. The quantitative estimate of drug-likeness (QED) is 0.829. The zero-order valence-corrected chi connectivity index (χ0v) is 13.7. The molecule has 0 radical (unpaired) electrons. The van der Waals surface area contributed by atoms with E-state index in [0.717, 1.165) is 17.3 Å². The second-order valence-electron chi connectivity index (χ2n) is 5.74. The number of nitrogen functional groups attached to an aromatic ring is 1. The normalized spacial score (nSPS) is 17.4. The van der Waals surface area contributed by atoms with Crippen LogP contribution in [-0.2, 0) is 0 Å². The fourth-order valence-electron chi connectivity index (χ4n) is 2.85. The van der Waals surface area contributed by atoms with Crippen LogP contribution in [0.25, 0.3) is 0 Å². The van der Waals surface area contributed by atoms with E-state index < -0.39 is 0 Å². The average Bonchev–Trinajstić information content (AvgIpc) is 2.89. The number of amides is 1. The van der Waals surface area contributed by atoms with Gasteiger partial charge in [-0.15, -0.1) is 0 Å². The number of halogens is 1. The third-order valence-corrected chi connectivity index (χ3v) is 5.04. The van der Waals surface area contributed by atoms with Crippen LogP contribution in [0.1, 0.15) is 36.0 Å². The summed E-state index contributed by atoms with van der Waals surface area (Å²) in [5, 5.41) is 3.06. The third-order valence-electron chi connectivity index (χ3n) is 4.32. The summed E-state index contributed by atoms with van der Waals surface area (Å²) in [6.07, 6.45) is 4.75. The van der Waals surface area contributed by atoms with Gasteiger partial charge in [-0.25, -0.2) is 0 Å². The van der Waals surface area contributed by atoms with Crippen molar-refractivity contribution in [1.82, 2.24) is 10.2 Å². The molecule has 0 bridgehead atoms. The second kappa shape index (κ2) is 6.14. The largest absolute Gasteiger partial charge is 0.398 e. The van der Waals surface area contributed by atoms with Gasteiger partial charge in [0.05, 0.1) is 0 Å². The van der Waals surface area contributed by atoms with Gasteiger partial charge in [-0.2, -0.15) is 0 Å². The number of nitrogens with two attached hydrogens (primary N) is 1. The van der Waals surface area contributed by atoms with Crippen molar-refractivity contribution in [2.24, 2.45) is 0 Å². The number of anilines is 1. The number of hydrogen-bond acceptors (Lipinski definition) is 3. The van der Waals surface area contributed by atoms with Crippen molar-refractivity contribution in [2.75, 3.05) is 26.4 Å². The van der Waals surface area contributed by atoms with E-state index in [-0.39, 0.29) is 11.4 Å². The number of nitrogens with zero attached hydrogens (tertiary/aromatic N) is 1. The summed E-state index contributed by atoms with van der Waals surface area (Å²) in [5.41, 5.74) is 7.12. The number of nitrogens with one attached hydrogen (secondary N) is 1. The minimum absolute atomic E-state index is 0.0580. The number of carbonyl (C=O) groups excluding carboxylic acids is 1. The molecule has 1 fully saturated rings. The molecule has 1 aromatic rings. The first-order chi connectivity index (χ1) is 9.44. The van der Waals surface area contributed by atoms with Gasteiger partial charge in [-0.05, 0) is 61.1 Å². The Kier molecular flexibility index (Phi) is 4.70. The molecule has 0 unspecified atom stereocenters. The van der Waals surface area contributed by atoms with Crippen LogP contribution in [0, 0.1) is 0 Å². The molecule has 1 saturated carbocycles. The SMILES string of the molecule is CN(C)C1(CNC(=O)c2ccc(Br)c(N)c2)CCCC1. The Morgan fingerprint density at radius 1 is 1.40 bits per heavy atom. The molecule has 1 aliphatic rings. The van der Waals surface area contributed by atoms with E-state index >= 15 is 0 Å². The van der Waals surface area contributed by atoms with Gasteiger partial charge in [0, 0.05) is 27.8 Å². The number of benzene rings is 1. The Hall–Kier alpha value is -1.07. The van der Waals surface area contributed by atoms with Gasteiger partial charge in [0.15, 0.2) is 0 Å². The lowest BCUT2D eigenvalue weighted by atomic mass is 9.96.